The average molecular weight is 713 g/mol. The lowest BCUT2D eigenvalue weighted by atomic mass is 9.90. The van der Waals surface area contributed by atoms with Gasteiger partial charge in [-0.05, 0) is 56.0 Å². The molecule has 2 saturated heterocycles. The van der Waals surface area contributed by atoms with E-state index in [1.54, 1.807) is 11.3 Å². The quantitative estimate of drug-likeness (QED) is 0.242. The van der Waals surface area contributed by atoms with Gasteiger partial charge in [-0.15, -0.1) is 21.5 Å². The van der Waals surface area contributed by atoms with E-state index in [4.69, 9.17) is 16.6 Å². The minimum Gasteiger partial charge on any atom is -0.355 e. The largest absolute Gasteiger partial charge is 0.355 e. The summed E-state index contributed by atoms with van der Waals surface area (Å²) in [6, 6.07) is 15.4. The summed E-state index contributed by atoms with van der Waals surface area (Å²) in [5.41, 5.74) is 6.15. The maximum absolute atomic E-state index is 13.4. The average Bonchev–Trinajstić information content (AvgIpc) is 3.58. The van der Waals surface area contributed by atoms with E-state index in [1.165, 1.54) is 10.4 Å². The molecule has 4 aromatic rings. The Morgan fingerprint density at radius 2 is 1.70 bits per heavy atom. The number of hydrogen-bond acceptors (Lipinski definition) is 9. The number of benzene rings is 2. The standard InChI is InChI=1S/C37H41ClN8O3S/c1-22-23(2)50-37-33(22)34(27-8-10-28(38)11-9-27)40-30(35-43-42-24(3)46(35)37)20-32(48)39-14-15-44-16-18-45(19-17-44)21-25-4-6-26(7-5-25)29-12-13-31(47)41-36(29)49/h4-11,29-30H,12-21H2,1-3H3,(H,39,48)(H,41,47,49)/t29?,30-/m0/s1. The Hall–Kier alpha value is -4.23. The van der Waals surface area contributed by atoms with Crippen LogP contribution in [0.1, 0.15) is 75.6 Å². The van der Waals surface area contributed by atoms with Gasteiger partial charge in [0.1, 0.15) is 16.9 Å². The Morgan fingerprint density at radius 3 is 2.42 bits per heavy atom. The van der Waals surface area contributed by atoms with Gasteiger partial charge in [0.15, 0.2) is 5.82 Å². The molecule has 3 amide bonds. The summed E-state index contributed by atoms with van der Waals surface area (Å²) in [6.07, 6.45) is 1.11. The number of piperidine rings is 1. The fraction of sp³-hybridized carbons (Fsp3) is 0.405. The van der Waals surface area contributed by atoms with Gasteiger partial charge in [-0.25, -0.2) is 0 Å². The Morgan fingerprint density at radius 1 is 0.980 bits per heavy atom. The highest BCUT2D eigenvalue weighted by atomic mass is 35.5. The molecule has 7 rings (SSSR count). The van der Waals surface area contributed by atoms with Crippen LogP contribution in [-0.2, 0) is 20.9 Å². The molecule has 50 heavy (non-hydrogen) atoms. The second-order valence-electron chi connectivity index (χ2n) is 13.3. The molecule has 2 aromatic carbocycles. The van der Waals surface area contributed by atoms with Crippen molar-refractivity contribution >= 4 is 46.4 Å². The predicted octanol–water partition coefficient (Wildman–Crippen LogP) is 4.64. The molecular formula is C37H41ClN8O3S. The van der Waals surface area contributed by atoms with Gasteiger partial charge in [-0.1, -0.05) is 48.0 Å². The number of nitrogens with zero attached hydrogens (tertiary/aromatic N) is 6. The summed E-state index contributed by atoms with van der Waals surface area (Å²) in [7, 11) is 0. The third-order valence-electron chi connectivity index (χ3n) is 9.98. The number of carbonyl (C=O) groups excluding carboxylic acids is 3. The molecular weight excluding hydrogens is 672 g/mol. The minimum atomic E-state index is -0.497. The number of fused-ring (bicyclic) bond motifs is 3. The number of nitrogens with one attached hydrogen (secondary N) is 2. The summed E-state index contributed by atoms with van der Waals surface area (Å²) in [4.78, 5) is 48.3. The van der Waals surface area contributed by atoms with Crippen molar-refractivity contribution in [3.05, 3.63) is 97.9 Å². The number of amides is 3. The van der Waals surface area contributed by atoms with E-state index in [0.717, 1.165) is 78.1 Å². The maximum Gasteiger partial charge on any atom is 0.234 e. The fourth-order valence-corrected chi connectivity index (χ4v) is 8.37. The van der Waals surface area contributed by atoms with Crippen LogP contribution in [-0.4, -0.2) is 87.3 Å². The lowest BCUT2D eigenvalue weighted by Crippen LogP contribution is -2.48. The molecule has 3 aliphatic rings. The van der Waals surface area contributed by atoms with Gasteiger partial charge in [-0.2, -0.15) is 0 Å². The molecule has 0 saturated carbocycles. The van der Waals surface area contributed by atoms with Crippen molar-refractivity contribution in [2.24, 2.45) is 4.99 Å². The smallest absolute Gasteiger partial charge is 0.234 e. The van der Waals surface area contributed by atoms with Gasteiger partial charge < -0.3 is 5.32 Å². The summed E-state index contributed by atoms with van der Waals surface area (Å²) in [6.45, 7) is 12.1. The molecule has 0 aliphatic carbocycles. The molecule has 5 heterocycles. The molecule has 0 radical (unpaired) electrons. The van der Waals surface area contributed by atoms with Gasteiger partial charge in [0, 0.05) is 73.3 Å². The monoisotopic (exact) mass is 712 g/mol. The first-order chi connectivity index (χ1) is 24.1. The van der Waals surface area contributed by atoms with E-state index in [2.05, 4.69) is 61.2 Å². The topological polar surface area (TPSA) is 125 Å². The van der Waals surface area contributed by atoms with Crippen molar-refractivity contribution in [2.75, 3.05) is 39.3 Å². The zero-order chi connectivity index (χ0) is 34.9. The van der Waals surface area contributed by atoms with Crippen LogP contribution in [0.25, 0.3) is 5.00 Å². The molecule has 1 unspecified atom stereocenters. The third-order valence-corrected chi connectivity index (χ3v) is 11.4. The Bertz CT molecular complexity index is 1940. The molecule has 2 fully saturated rings. The SMILES string of the molecule is Cc1sc2c(c1C)C(c1ccc(Cl)cc1)=N[C@@H](CC(=O)NCCN1CCN(Cc3ccc(C4CCC(=O)NC4=O)cc3)CC1)c1nnc(C)n1-2. The zero-order valence-corrected chi connectivity index (χ0v) is 30.1. The number of carbonyl (C=O) groups is 3. The first kappa shape index (κ1) is 34.2. The normalized spacial score (nSPS) is 19.7. The highest BCUT2D eigenvalue weighted by molar-refractivity contribution is 7.15. The Balaban J connectivity index is 0.937. The van der Waals surface area contributed by atoms with Crippen LogP contribution in [0.2, 0.25) is 5.02 Å². The van der Waals surface area contributed by atoms with Crippen LogP contribution in [0.5, 0.6) is 0 Å². The second-order valence-corrected chi connectivity index (χ2v) is 15.0. The lowest BCUT2D eigenvalue weighted by Gasteiger charge is -2.34. The third kappa shape index (κ3) is 7.16. The summed E-state index contributed by atoms with van der Waals surface area (Å²) < 4.78 is 2.07. The molecule has 11 nitrogen and oxygen atoms in total. The number of aromatic nitrogens is 3. The summed E-state index contributed by atoms with van der Waals surface area (Å²) in [5, 5.41) is 16.2. The van der Waals surface area contributed by atoms with Crippen molar-refractivity contribution in [1.82, 2.24) is 35.2 Å². The van der Waals surface area contributed by atoms with Crippen LogP contribution in [0, 0.1) is 20.8 Å². The van der Waals surface area contributed by atoms with Crippen molar-refractivity contribution in [3.63, 3.8) is 0 Å². The van der Waals surface area contributed by atoms with Crippen LogP contribution >= 0.6 is 22.9 Å². The lowest BCUT2D eigenvalue weighted by molar-refractivity contribution is -0.134. The molecule has 13 heteroatoms. The van der Waals surface area contributed by atoms with Crippen LogP contribution in [0.15, 0.2) is 53.5 Å². The summed E-state index contributed by atoms with van der Waals surface area (Å²) >= 11 is 7.93. The number of thiophene rings is 1. The van der Waals surface area contributed by atoms with Crippen LogP contribution in [0.3, 0.4) is 0 Å². The molecule has 2 atom stereocenters. The molecule has 0 bridgehead atoms. The number of piperazine rings is 1. The highest BCUT2D eigenvalue weighted by Crippen LogP contribution is 2.39. The van der Waals surface area contributed by atoms with Gasteiger partial charge in [0.05, 0.1) is 18.1 Å². The van der Waals surface area contributed by atoms with Crippen LogP contribution in [0.4, 0.5) is 0 Å². The number of halogens is 1. The van der Waals surface area contributed by atoms with E-state index in [0.29, 0.717) is 30.2 Å². The van der Waals surface area contributed by atoms with E-state index < -0.39 is 6.04 Å². The van der Waals surface area contributed by atoms with E-state index >= 15 is 0 Å². The Labute approximate surface area is 300 Å². The molecule has 2 N–H and O–H groups in total. The number of aryl methyl sites for hydroxylation is 2. The first-order valence-corrected chi connectivity index (χ1v) is 18.3. The van der Waals surface area contributed by atoms with Gasteiger partial charge >= 0.3 is 0 Å². The van der Waals surface area contributed by atoms with E-state index in [1.807, 2.05) is 43.3 Å². The summed E-state index contributed by atoms with van der Waals surface area (Å²) in [5.74, 6) is 0.713. The number of aliphatic imine (C=N–C) groups is 1. The van der Waals surface area contributed by atoms with Crippen molar-refractivity contribution in [3.8, 4) is 5.00 Å². The first-order valence-electron chi connectivity index (χ1n) is 17.1. The Kier molecular flexibility index (Phi) is 9.96. The number of rotatable bonds is 9. The van der Waals surface area contributed by atoms with Crippen LogP contribution < -0.4 is 10.6 Å². The van der Waals surface area contributed by atoms with E-state index in [9.17, 15) is 14.4 Å². The van der Waals surface area contributed by atoms with Crippen molar-refractivity contribution in [2.45, 2.75) is 58.5 Å². The molecule has 2 aromatic heterocycles. The fourth-order valence-electron chi connectivity index (χ4n) is 7.03. The molecule has 0 spiro atoms. The number of imide groups is 1. The van der Waals surface area contributed by atoms with Gasteiger partial charge in [-0.3, -0.25) is 39.1 Å². The highest BCUT2D eigenvalue weighted by Gasteiger charge is 2.33. The molecule has 260 valence electrons. The minimum absolute atomic E-state index is 0.0704. The van der Waals surface area contributed by atoms with Gasteiger partial charge in [0.2, 0.25) is 17.7 Å². The zero-order valence-electron chi connectivity index (χ0n) is 28.5. The second kappa shape index (κ2) is 14.6. The predicted molar refractivity (Wildman–Crippen MR) is 194 cm³/mol. The van der Waals surface area contributed by atoms with Crippen molar-refractivity contribution < 1.29 is 14.4 Å². The maximum atomic E-state index is 13.4. The molecule has 3 aliphatic heterocycles. The van der Waals surface area contributed by atoms with Gasteiger partial charge in [0.25, 0.3) is 0 Å². The number of hydrogen-bond donors (Lipinski definition) is 2. The van der Waals surface area contributed by atoms with E-state index in [-0.39, 0.29) is 30.1 Å². The van der Waals surface area contributed by atoms with Crippen molar-refractivity contribution in [1.29, 1.82) is 0 Å².